The first-order valence-electron chi connectivity index (χ1n) is 5.22. The van der Waals surface area contributed by atoms with E-state index in [-0.39, 0.29) is 11.3 Å². The number of carboxylic acids is 1. The summed E-state index contributed by atoms with van der Waals surface area (Å²) in [6.45, 7) is -0.401. The van der Waals surface area contributed by atoms with Gasteiger partial charge in [0.05, 0.1) is 5.69 Å². The third-order valence-corrected chi connectivity index (χ3v) is 3.92. The van der Waals surface area contributed by atoms with Crippen molar-refractivity contribution in [2.45, 2.75) is 11.7 Å². The number of aromatic nitrogens is 1. The van der Waals surface area contributed by atoms with Crippen LogP contribution in [0.1, 0.15) is 16.8 Å². The monoisotopic (exact) mass is 288 g/mol. The number of nitrogens with zero attached hydrogens (tertiary/aromatic N) is 2. The summed E-state index contributed by atoms with van der Waals surface area (Å²) in [6.07, 6.45) is 1.81. The Morgan fingerprint density at radius 3 is 2.74 bits per heavy atom. The van der Waals surface area contributed by atoms with Gasteiger partial charge in [-0.3, -0.25) is 9.78 Å². The summed E-state index contributed by atoms with van der Waals surface area (Å²) in [7, 11) is -4.84. The van der Waals surface area contributed by atoms with Gasteiger partial charge < -0.3 is 10.0 Å². The van der Waals surface area contributed by atoms with Gasteiger partial charge in [-0.25, -0.2) is 4.79 Å². The van der Waals surface area contributed by atoms with Crippen LogP contribution in [-0.4, -0.2) is 42.2 Å². The van der Waals surface area contributed by atoms with Gasteiger partial charge in [0.1, 0.15) is 10.8 Å². The average Bonchev–Trinajstić information content (AvgIpc) is 2.71. The van der Waals surface area contributed by atoms with Crippen LogP contribution in [0.25, 0.3) is 0 Å². The van der Waals surface area contributed by atoms with Gasteiger partial charge in [-0.05, 0) is 6.07 Å². The minimum absolute atomic E-state index is 0.0126. The highest BCUT2D eigenvalue weighted by Crippen LogP contribution is 2.28. The Kier molecular flexibility index (Phi) is 3.23. The molecule has 0 radical (unpaired) electrons. The normalized spacial score (nSPS) is 19.7. The van der Waals surface area contributed by atoms with Crippen molar-refractivity contribution in [3.8, 4) is 0 Å². The summed E-state index contributed by atoms with van der Waals surface area (Å²) in [5, 5.41) is 7.50. The zero-order valence-electron chi connectivity index (χ0n) is 9.48. The maximum atomic E-state index is 12.9. The van der Waals surface area contributed by atoms with Crippen molar-refractivity contribution in [1.82, 2.24) is 4.98 Å². The first-order valence-corrected chi connectivity index (χ1v) is 6.66. The molecule has 2 rings (SSSR count). The van der Waals surface area contributed by atoms with E-state index in [1.165, 1.54) is 12.3 Å². The maximum Gasteiger partial charge on any atom is 0.339 e. The standard InChI is InChI=1S/C10H9FN2O5S/c11-19(17,18)6-3-9(14)13(5-6)8-1-2-12-4-7(8)10(15)16/h1-2,4,6H,3,5H2,(H,15,16). The molecule has 1 aromatic rings. The number of halogens is 1. The van der Waals surface area contributed by atoms with E-state index in [0.29, 0.717) is 0 Å². The second-order valence-corrected chi connectivity index (χ2v) is 5.62. The molecule has 1 saturated heterocycles. The zero-order valence-corrected chi connectivity index (χ0v) is 10.3. The fourth-order valence-electron chi connectivity index (χ4n) is 1.88. The topological polar surface area (TPSA) is 105 Å². The first-order chi connectivity index (χ1) is 8.80. The molecule has 0 saturated carbocycles. The van der Waals surface area contributed by atoms with Crippen molar-refractivity contribution in [3.63, 3.8) is 0 Å². The van der Waals surface area contributed by atoms with Crippen molar-refractivity contribution in [1.29, 1.82) is 0 Å². The van der Waals surface area contributed by atoms with Crippen LogP contribution in [0.2, 0.25) is 0 Å². The Morgan fingerprint density at radius 1 is 1.53 bits per heavy atom. The van der Waals surface area contributed by atoms with Gasteiger partial charge >= 0.3 is 16.2 Å². The minimum atomic E-state index is -4.84. The molecule has 0 bridgehead atoms. The molecule has 2 heterocycles. The summed E-state index contributed by atoms with van der Waals surface area (Å²) < 4.78 is 34.5. The predicted molar refractivity (Wildman–Crippen MR) is 62.0 cm³/mol. The number of pyridine rings is 1. The van der Waals surface area contributed by atoms with Gasteiger partial charge in [-0.2, -0.15) is 8.42 Å². The highest BCUT2D eigenvalue weighted by Gasteiger charge is 2.40. The molecular weight excluding hydrogens is 279 g/mol. The van der Waals surface area contributed by atoms with Crippen LogP contribution in [0.4, 0.5) is 9.57 Å². The van der Waals surface area contributed by atoms with E-state index in [4.69, 9.17) is 5.11 Å². The highest BCUT2D eigenvalue weighted by atomic mass is 32.3. The number of carbonyl (C=O) groups is 2. The van der Waals surface area contributed by atoms with Crippen LogP contribution in [-0.2, 0) is 15.0 Å². The molecule has 1 aromatic heterocycles. The molecule has 1 N–H and O–H groups in total. The third kappa shape index (κ3) is 2.55. The van der Waals surface area contributed by atoms with E-state index in [9.17, 15) is 21.9 Å². The van der Waals surface area contributed by atoms with Crippen LogP contribution >= 0.6 is 0 Å². The molecular formula is C10H9FN2O5S. The molecule has 1 atom stereocenters. The Labute approximate surface area is 107 Å². The lowest BCUT2D eigenvalue weighted by atomic mass is 10.2. The Balaban J connectivity index is 2.39. The van der Waals surface area contributed by atoms with Crippen LogP contribution in [0.3, 0.4) is 0 Å². The van der Waals surface area contributed by atoms with E-state index >= 15 is 0 Å². The number of anilines is 1. The summed E-state index contributed by atoms with van der Waals surface area (Å²) in [6, 6.07) is 1.27. The number of carboxylic acid groups (broad SMARTS) is 1. The molecule has 1 amide bonds. The molecule has 19 heavy (non-hydrogen) atoms. The van der Waals surface area contributed by atoms with Crippen LogP contribution in [0.5, 0.6) is 0 Å². The lowest BCUT2D eigenvalue weighted by Crippen LogP contribution is -2.28. The third-order valence-electron chi connectivity index (χ3n) is 2.81. The molecule has 0 spiro atoms. The molecule has 0 aromatic carbocycles. The molecule has 1 fully saturated rings. The number of hydrogen-bond acceptors (Lipinski definition) is 5. The quantitative estimate of drug-likeness (QED) is 0.796. The van der Waals surface area contributed by atoms with Crippen molar-refractivity contribution in [2.24, 2.45) is 0 Å². The van der Waals surface area contributed by atoms with E-state index in [2.05, 4.69) is 4.98 Å². The summed E-state index contributed by atoms with van der Waals surface area (Å²) in [4.78, 5) is 27.3. The number of amides is 1. The average molecular weight is 288 g/mol. The number of aromatic carboxylic acids is 1. The van der Waals surface area contributed by atoms with Crippen molar-refractivity contribution in [2.75, 3.05) is 11.4 Å². The van der Waals surface area contributed by atoms with Gasteiger partial charge in [-0.15, -0.1) is 3.89 Å². The van der Waals surface area contributed by atoms with E-state index in [0.717, 1.165) is 11.1 Å². The van der Waals surface area contributed by atoms with Gasteiger partial charge in [0.25, 0.3) is 0 Å². The highest BCUT2D eigenvalue weighted by molar-refractivity contribution is 7.87. The molecule has 1 unspecified atom stereocenters. The Hall–Kier alpha value is -2.03. The second-order valence-electron chi connectivity index (χ2n) is 4.00. The fraction of sp³-hybridized carbons (Fsp3) is 0.300. The van der Waals surface area contributed by atoms with Gasteiger partial charge in [0.2, 0.25) is 5.91 Å². The fourth-order valence-corrected chi connectivity index (χ4v) is 2.55. The molecule has 1 aliphatic heterocycles. The molecule has 0 aliphatic carbocycles. The molecule has 9 heteroatoms. The number of rotatable bonds is 3. The maximum absolute atomic E-state index is 12.9. The Morgan fingerprint density at radius 2 is 2.21 bits per heavy atom. The lowest BCUT2D eigenvalue weighted by Gasteiger charge is -2.17. The molecule has 7 nitrogen and oxygen atoms in total. The zero-order chi connectivity index (χ0) is 14.2. The summed E-state index contributed by atoms with van der Waals surface area (Å²) in [5.74, 6) is -1.94. The van der Waals surface area contributed by atoms with Gasteiger partial charge in [-0.1, -0.05) is 0 Å². The van der Waals surface area contributed by atoms with Crippen LogP contribution < -0.4 is 4.90 Å². The number of carbonyl (C=O) groups excluding carboxylic acids is 1. The smallest absolute Gasteiger partial charge is 0.339 e. The molecule has 1 aliphatic rings. The molecule has 102 valence electrons. The van der Waals surface area contributed by atoms with E-state index < -0.39 is 40.3 Å². The Bertz CT molecular complexity index is 645. The summed E-state index contributed by atoms with van der Waals surface area (Å²) >= 11 is 0. The number of hydrogen-bond donors (Lipinski definition) is 1. The van der Waals surface area contributed by atoms with Crippen LogP contribution in [0.15, 0.2) is 18.5 Å². The predicted octanol–water partition coefficient (Wildman–Crippen LogP) is 0.184. The van der Waals surface area contributed by atoms with Crippen molar-refractivity contribution in [3.05, 3.63) is 24.0 Å². The van der Waals surface area contributed by atoms with E-state index in [1.807, 2.05) is 0 Å². The van der Waals surface area contributed by atoms with Crippen molar-refractivity contribution >= 4 is 27.8 Å². The SMILES string of the molecule is O=C(O)c1cnccc1N1CC(S(=O)(=O)F)CC1=O. The summed E-state index contributed by atoms with van der Waals surface area (Å²) in [5.41, 5.74) is -0.230. The minimum Gasteiger partial charge on any atom is -0.478 e. The largest absolute Gasteiger partial charge is 0.478 e. The van der Waals surface area contributed by atoms with Gasteiger partial charge in [0, 0.05) is 25.4 Å². The first kappa shape index (κ1) is 13.4. The van der Waals surface area contributed by atoms with Crippen molar-refractivity contribution < 1.29 is 27.0 Å². The van der Waals surface area contributed by atoms with E-state index in [1.54, 1.807) is 0 Å². The lowest BCUT2D eigenvalue weighted by molar-refractivity contribution is -0.117. The second kappa shape index (κ2) is 4.57. The van der Waals surface area contributed by atoms with Gasteiger partial charge in [0.15, 0.2) is 0 Å². The van der Waals surface area contributed by atoms with Crippen LogP contribution in [0, 0.1) is 0 Å².